The van der Waals surface area contributed by atoms with Crippen molar-refractivity contribution in [3.63, 3.8) is 0 Å². The number of hydrogen-bond donors (Lipinski definition) is 3. The zero-order valence-corrected chi connectivity index (χ0v) is 16.9. The zero-order valence-electron chi connectivity index (χ0n) is 16.9. The van der Waals surface area contributed by atoms with Gasteiger partial charge in [-0.05, 0) is 31.4 Å². The van der Waals surface area contributed by atoms with Crippen LogP contribution in [0.25, 0.3) is 10.9 Å². The molecule has 1 aromatic carbocycles. The minimum atomic E-state index is -0.684. The summed E-state index contributed by atoms with van der Waals surface area (Å²) in [5.41, 5.74) is 2.94. The first-order valence-electron chi connectivity index (χ1n) is 10.1. The number of hydrogen-bond acceptors (Lipinski definition) is 4. The lowest BCUT2D eigenvalue weighted by Crippen LogP contribution is -2.48. The van der Waals surface area contributed by atoms with Crippen LogP contribution in [0.4, 0.5) is 0 Å². The Bertz CT molecular complexity index is 1050. The highest BCUT2D eigenvalue weighted by Crippen LogP contribution is 2.24. The second-order valence-electron chi connectivity index (χ2n) is 8.03. The van der Waals surface area contributed by atoms with Crippen molar-refractivity contribution in [1.29, 1.82) is 0 Å². The Morgan fingerprint density at radius 2 is 2.03 bits per heavy atom. The van der Waals surface area contributed by atoms with Gasteiger partial charge in [-0.25, -0.2) is 0 Å². The van der Waals surface area contributed by atoms with Gasteiger partial charge in [0.25, 0.3) is 5.91 Å². The normalized spacial score (nSPS) is 14.9. The molecule has 7 heteroatoms. The highest BCUT2D eigenvalue weighted by molar-refractivity contribution is 5.99. The molecule has 0 radical (unpaired) electrons. The second-order valence-corrected chi connectivity index (χ2v) is 8.03. The van der Waals surface area contributed by atoms with E-state index >= 15 is 0 Å². The molecule has 7 nitrogen and oxygen atoms in total. The Hall–Kier alpha value is -3.09. The van der Waals surface area contributed by atoms with Gasteiger partial charge in [0.15, 0.2) is 5.76 Å². The zero-order chi connectivity index (χ0) is 20.5. The van der Waals surface area contributed by atoms with E-state index in [9.17, 15) is 9.59 Å². The smallest absolute Gasteiger partial charge is 0.257 e. The number of fused-ring (bicyclic) bond motifs is 1. The van der Waals surface area contributed by atoms with E-state index in [1.54, 1.807) is 6.92 Å². The Morgan fingerprint density at radius 3 is 2.76 bits per heavy atom. The molecule has 2 aromatic heterocycles. The average molecular weight is 394 g/mol. The third-order valence-electron chi connectivity index (χ3n) is 5.29. The van der Waals surface area contributed by atoms with E-state index in [0.29, 0.717) is 23.4 Å². The quantitative estimate of drug-likeness (QED) is 0.573. The standard InChI is InChI=1S/C22H26N4O3/c1-12(2)20-19(13(3)26-29-20)22(28)25-18(21(27)24-15-8-9-15)10-14-11-23-17-7-5-4-6-16(14)17/h4-7,11-12,15,18,23H,8-10H2,1-3H3,(H,24,27)(H,25,28). The lowest BCUT2D eigenvalue weighted by atomic mass is 10.0. The Kier molecular flexibility index (Phi) is 5.13. The van der Waals surface area contributed by atoms with Gasteiger partial charge in [-0.2, -0.15) is 0 Å². The summed E-state index contributed by atoms with van der Waals surface area (Å²) in [6, 6.07) is 7.47. The van der Waals surface area contributed by atoms with Crippen molar-refractivity contribution in [1.82, 2.24) is 20.8 Å². The first-order chi connectivity index (χ1) is 13.9. The van der Waals surface area contributed by atoms with Crippen LogP contribution in [0.15, 0.2) is 35.0 Å². The number of H-pyrrole nitrogens is 1. The summed E-state index contributed by atoms with van der Waals surface area (Å²) in [5.74, 6) is 0.0623. The SMILES string of the molecule is Cc1noc(C(C)C)c1C(=O)NC(Cc1c[nH]c2ccccc12)C(=O)NC1CC1. The fourth-order valence-electron chi connectivity index (χ4n) is 3.55. The first kappa shape index (κ1) is 19.2. The number of aromatic nitrogens is 2. The molecule has 2 heterocycles. The molecule has 1 saturated carbocycles. The maximum atomic E-state index is 13.1. The van der Waals surface area contributed by atoms with E-state index in [1.807, 2.05) is 44.3 Å². The van der Waals surface area contributed by atoms with Crippen LogP contribution >= 0.6 is 0 Å². The van der Waals surface area contributed by atoms with Gasteiger partial charge in [0, 0.05) is 35.5 Å². The van der Waals surface area contributed by atoms with Crippen LogP contribution in [-0.4, -0.2) is 34.0 Å². The number of aryl methyl sites for hydroxylation is 1. The van der Waals surface area contributed by atoms with Crippen molar-refractivity contribution in [3.05, 3.63) is 53.0 Å². The summed E-state index contributed by atoms with van der Waals surface area (Å²) in [6.07, 6.45) is 4.28. The number of para-hydroxylation sites is 1. The van der Waals surface area contributed by atoms with Crippen LogP contribution in [-0.2, 0) is 11.2 Å². The van der Waals surface area contributed by atoms with Crippen LogP contribution in [0.5, 0.6) is 0 Å². The molecule has 1 unspecified atom stereocenters. The van der Waals surface area contributed by atoms with E-state index < -0.39 is 6.04 Å². The number of carbonyl (C=O) groups excluding carboxylic acids is 2. The maximum absolute atomic E-state index is 13.1. The molecule has 1 fully saturated rings. The maximum Gasteiger partial charge on any atom is 0.257 e. The molecule has 4 rings (SSSR count). The fourth-order valence-corrected chi connectivity index (χ4v) is 3.55. The third-order valence-corrected chi connectivity index (χ3v) is 5.29. The van der Waals surface area contributed by atoms with Gasteiger partial charge in [0.2, 0.25) is 5.91 Å². The molecule has 29 heavy (non-hydrogen) atoms. The summed E-state index contributed by atoms with van der Waals surface area (Å²) >= 11 is 0. The second kappa shape index (κ2) is 7.73. The summed E-state index contributed by atoms with van der Waals surface area (Å²) in [6.45, 7) is 5.63. The molecule has 2 amide bonds. The molecular weight excluding hydrogens is 368 g/mol. The minimum Gasteiger partial charge on any atom is -0.361 e. The molecule has 1 atom stereocenters. The van der Waals surface area contributed by atoms with Crippen LogP contribution in [0, 0.1) is 6.92 Å². The van der Waals surface area contributed by atoms with Crippen molar-refractivity contribution in [2.24, 2.45) is 0 Å². The number of nitrogens with one attached hydrogen (secondary N) is 3. The van der Waals surface area contributed by atoms with Gasteiger partial charge in [-0.3, -0.25) is 9.59 Å². The van der Waals surface area contributed by atoms with Crippen molar-refractivity contribution in [3.8, 4) is 0 Å². The largest absolute Gasteiger partial charge is 0.361 e. The number of aromatic amines is 1. The molecule has 1 aliphatic carbocycles. The van der Waals surface area contributed by atoms with E-state index in [-0.39, 0.29) is 23.8 Å². The van der Waals surface area contributed by atoms with Crippen molar-refractivity contribution in [2.75, 3.05) is 0 Å². The topological polar surface area (TPSA) is 100 Å². The minimum absolute atomic E-state index is 0.0179. The monoisotopic (exact) mass is 394 g/mol. The van der Waals surface area contributed by atoms with Gasteiger partial charge < -0.3 is 20.1 Å². The number of carbonyl (C=O) groups is 2. The van der Waals surface area contributed by atoms with E-state index in [2.05, 4.69) is 20.8 Å². The highest BCUT2D eigenvalue weighted by atomic mass is 16.5. The molecule has 3 N–H and O–H groups in total. The van der Waals surface area contributed by atoms with Gasteiger partial charge >= 0.3 is 0 Å². The fraction of sp³-hybridized carbons (Fsp3) is 0.409. The van der Waals surface area contributed by atoms with E-state index in [1.165, 1.54) is 0 Å². The number of nitrogens with zero attached hydrogens (tertiary/aromatic N) is 1. The number of amides is 2. The first-order valence-corrected chi connectivity index (χ1v) is 10.1. The number of rotatable bonds is 7. The third kappa shape index (κ3) is 4.04. The molecule has 0 aliphatic heterocycles. The molecular formula is C22H26N4O3. The molecule has 0 saturated heterocycles. The van der Waals surface area contributed by atoms with Crippen LogP contribution in [0.3, 0.4) is 0 Å². The number of benzene rings is 1. The van der Waals surface area contributed by atoms with Gasteiger partial charge in [-0.15, -0.1) is 0 Å². The predicted molar refractivity (Wildman–Crippen MR) is 110 cm³/mol. The summed E-state index contributed by atoms with van der Waals surface area (Å²) in [5, 5.41) is 10.9. The summed E-state index contributed by atoms with van der Waals surface area (Å²) in [7, 11) is 0. The summed E-state index contributed by atoms with van der Waals surface area (Å²) in [4.78, 5) is 29.2. The molecule has 0 spiro atoms. The Labute approximate surface area is 169 Å². The molecule has 1 aliphatic rings. The average Bonchev–Trinajstić information content (AvgIpc) is 3.27. The lowest BCUT2D eigenvalue weighted by Gasteiger charge is -2.18. The van der Waals surface area contributed by atoms with Crippen LogP contribution in [0.2, 0.25) is 0 Å². The molecule has 0 bridgehead atoms. The Morgan fingerprint density at radius 1 is 1.28 bits per heavy atom. The van der Waals surface area contributed by atoms with Gasteiger partial charge in [0.1, 0.15) is 11.6 Å². The van der Waals surface area contributed by atoms with Crippen molar-refractivity contribution >= 4 is 22.7 Å². The summed E-state index contributed by atoms with van der Waals surface area (Å²) < 4.78 is 5.34. The van der Waals surface area contributed by atoms with Crippen molar-refractivity contribution < 1.29 is 14.1 Å². The van der Waals surface area contributed by atoms with E-state index in [4.69, 9.17) is 4.52 Å². The Balaban J connectivity index is 1.60. The molecule has 152 valence electrons. The van der Waals surface area contributed by atoms with Gasteiger partial charge in [0.05, 0.1) is 5.69 Å². The van der Waals surface area contributed by atoms with Crippen LogP contribution in [0.1, 0.15) is 60.0 Å². The van der Waals surface area contributed by atoms with Crippen LogP contribution < -0.4 is 10.6 Å². The van der Waals surface area contributed by atoms with Gasteiger partial charge in [-0.1, -0.05) is 37.2 Å². The lowest BCUT2D eigenvalue weighted by molar-refractivity contribution is -0.123. The van der Waals surface area contributed by atoms with E-state index in [0.717, 1.165) is 29.3 Å². The predicted octanol–water partition coefficient (Wildman–Crippen LogP) is 3.21. The van der Waals surface area contributed by atoms with Crippen molar-refractivity contribution in [2.45, 2.75) is 58.0 Å². The highest BCUT2D eigenvalue weighted by Gasteiger charge is 2.31. The molecule has 3 aromatic rings.